The van der Waals surface area contributed by atoms with Crippen LogP contribution in [0.5, 0.6) is 0 Å². The number of hydrogen-bond donors (Lipinski definition) is 4. The third kappa shape index (κ3) is 7.40. The van der Waals surface area contributed by atoms with Crippen LogP contribution in [0.3, 0.4) is 0 Å². The number of amides is 1. The third-order valence-corrected chi connectivity index (χ3v) is 5.75. The smallest absolute Gasteiger partial charge is 0.222 e. The van der Waals surface area contributed by atoms with Crippen molar-refractivity contribution in [3.05, 3.63) is 0 Å². The first-order valence-electron chi connectivity index (χ1n) is 11.1. The van der Waals surface area contributed by atoms with Gasteiger partial charge in [-0.1, -0.05) is 27.2 Å². The van der Waals surface area contributed by atoms with Crippen LogP contribution in [0, 0.1) is 5.92 Å². The number of aliphatic hydroxyl groups excluding tert-OH is 4. The van der Waals surface area contributed by atoms with Crippen LogP contribution in [0.1, 0.15) is 52.9 Å². The quantitative estimate of drug-likeness (QED) is 0.360. The van der Waals surface area contributed by atoms with Gasteiger partial charge < -0.3 is 39.5 Å². The Morgan fingerprint density at radius 1 is 1.10 bits per heavy atom. The molecule has 2 unspecified atom stereocenters. The van der Waals surface area contributed by atoms with Crippen molar-refractivity contribution in [2.24, 2.45) is 5.92 Å². The number of likely N-dealkylation sites (tertiary alicyclic amines) is 1. The van der Waals surface area contributed by atoms with Gasteiger partial charge in [0.2, 0.25) is 5.91 Å². The molecule has 4 N–H and O–H groups in total. The molecule has 0 aromatic carbocycles. The third-order valence-electron chi connectivity index (χ3n) is 5.75. The molecule has 2 saturated heterocycles. The van der Waals surface area contributed by atoms with Gasteiger partial charge in [-0.2, -0.15) is 0 Å². The maximum Gasteiger partial charge on any atom is 0.222 e. The summed E-state index contributed by atoms with van der Waals surface area (Å²) in [6.45, 7) is 6.22. The molecule has 2 rings (SSSR count). The van der Waals surface area contributed by atoms with E-state index >= 15 is 0 Å². The minimum atomic E-state index is -1.13. The van der Waals surface area contributed by atoms with Crippen LogP contribution in [0.15, 0.2) is 0 Å². The molecule has 0 saturated carbocycles. The molecular weight excluding hydrogens is 394 g/mol. The van der Waals surface area contributed by atoms with Crippen molar-refractivity contribution in [1.82, 2.24) is 4.90 Å². The van der Waals surface area contributed by atoms with Crippen LogP contribution < -0.4 is 0 Å². The summed E-state index contributed by atoms with van der Waals surface area (Å²) in [5.41, 5.74) is 0. The van der Waals surface area contributed by atoms with Gasteiger partial charge >= 0.3 is 0 Å². The Labute approximate surface area is 179 Å². The summed E-state index contributed by atoms with van der Waals surface area (Å²) < 4.78 is 16.5. The molecule has 178 valence electrons. The van der Waals surface area contributed by atoms with Gasteiger partial charge in [0.25, 0.3) is 0 Å². The fraction of sp³-hybridized carbons (Fsp3) is 0.952. The lowest BCUT2D eigenvalue weighted by Crippen LogP contribution is -2.55. The lowest BCUT2D eigenvalue weighted by atomic mass is 9.92. The van der Waals surface area contributed by atoms with Crippen molar-refractivity contribution in [3.8, 4) is 0 Å². The molecule has 1 amide bonds. The van der Waals surface area contributed by atoms with Crippen LogP contribution in [0.2, 0.25) is 0 Å². The first-order chi connectivity index (χ1) is 14.4. The lowest BCUT2D eigenvalue weighted by molar-refractivity contribution is -0.282. The van der Waals surface area contributed by atoms with Crippen molar-refractivity contribution >= 4 is 5.91 Å². The number of hydrogen-bond acceptors (Lipinski definition) is 8. The molecule has 7 atom stereocenters. The molecule has 30 heavy (non-hydrogen) atoms. The van der Waals surface area contributed by atoms with Crippen molar-refractivity contribution in [1.29, 1.82) is 0 Å². The highest BCUT2D eigenvalue weighted by Gasteiger charge is 2.42. The molecule has 0 bridgehead atoms. The van der Waals surface area contributed by atoms with E-state index in [1.54, 1.807) is 18.9 Å². The largest absolute Gasteiger partial charge is 0.394 e. The number of aliphatic hydroxyl groups is 4. The van der Waals surface area contributed by atoms with Crippen molar-refractivity contribution in [3.63, 3.8) is 0 Å². The van der Waals surface area contributed by atoms with Crippen LogP contribution >= 0.6 is 0 Å². The number of rotatable bonds is 10. The number of ether oxygens (including phenoxy) is 3. The first kappa shape index (κ1) is 27.2. The highest BCUT2D eigenvalue weighted by Crippen LogP contribution is 2.27. The van der Waals surface area contributed by atoms with Crippen molar-refractivity contribution in [2.45, 2.75) is 89.6 Å². The average Bonchev–Trinajstić information content (AvgIpc) is 3.21. The molecule has 0 aromatic rings. The van der Waals surface area contributed by atoms with E-state index in [-0.39, 0.29) is 31.3 Å². The van der Waals surface area contributed by atoms with Gasteiger partial charge in [-0.05, 0) is 19.3 Å². The van der Waals surface area contributed by atoms with Crippen molar-refractivity contribution in [2.75, 3.05) is 33.5 Å². The van der Waals surface area contributed by atoms with Crippen LogP contribution in [-0.4, -0.2) is 101 Å². The second kappa shape index (κ2) is 14.3. The topological polar surface area (TPSA) is 129 Å². The Morgan fingerprint density at radius 3 is 2.40 bits per heavy atom. The Hall–Kier alpha value is -0.810. The van der Waals surface area contributed by atoms with Gasteiger partial charge in [0.05, 0.1) is 31.5 Å². The number of nitrogens with zero attached hydrogens (tertiary/aromatic N) is 1. The Morgan fingerprint density at radius 2 is 1.80 bits per heavy atom. The zero-order valence-electron chi connectivity index (χ0n) is 18.8. The van der Waals surface area contributed by atoms with E-state index < -0.39 is 30.5 Å². The van der Waals surface area contributed by atoms with Gasteiger partial charge in [0.15, 0.2) is 6.29 Å². The van der Waals surface area contributed by atoms with Gasteiger partial charge in [-0.3, -0.25) is 4.79 Å². The minimum Gasteiger partial charge on any atom is -0.394 e. The van der Waals surface area contributed by atoms with E-state index in [9.17, 15) is 25.2 Å². The average molecular weight is 436 g/mol. The number of carbonyl (C=O) groups is 1. The van der Waals surface area contributed by atoms with E-state index in [0.29, 0.717) is 26.0 Å². The zero-order chi connectivity index (χ0) is 22.7. The Balaban J connectivity index is 0.00000218. The Bertz CT molecular complexity index is 478. The van der Waals surface area contributed by atoms with Crippen molar-refractivity contribution < 1.29 is 39.4 Å². The predicted molar refractivity (Wildman–Crippen MR) is 111 cm³/mol. The van der Waals surface area contributed by atoms with Gasteiger partial charge in [-0.15, -0.1) is 0 Å². The zero-order valence-corrected chi connectivity index (χ0v) is 18.8. The molecule has 2 fully saturated rings. The summed E-state index contributed by atoms with van der Waals surface area (Å²) in [5, 5.41) is 38.5. The molecule has 0 radical (unpaired) electrons. The summed E-state index contributed by atoms with van der Waals surface area (Å²) in [6, 6.07) is -0.160. The summed E-state index contributed by atoms with van der Waals surface area (Å²) in [6.07, 6.45) is -0.356. The number of methoxy groups -OCH3 is 1. The summed E-state index contributed by atoms with van der Waals surface area (Å²) in [4.78, 5) is 14.1. The number of carbonyl (C=O) groups excluding carboxylic acids is 1. The van der Waals surface area contributed by atoms with Crippen LogP contribution in [0.4, 0.5) is 0 Å². The normalized spacial score (nSPS) is 33.9. The second-order valence-corrected chi connectivity index (χ2v) is 7.72. The first-order valence-corrected chi connectivity index (χ1v) is 11.1. The minimum absolute atomic E-state index is 0.0106. The van der Waals surface area contributed by atoms with Gasteiger partial charge in [0, 0.05) is 32.6 Å². The highest BCUT2D eigenvalue weighted by atomic mass is 16.7. The van der Waals surface area contributed by atoms with E-state index in [1.807, 2.05) is 13.8 Å². The molecular formula is C21H41NO8. The molecule has 0 spiro atoms. The fourth-order valence-electron chi connectivity index (χ4n) is 3.83. The molecule has 9 nitrogen and oxygen atoms in total. The molecule has 2 heterocycles. The highest BCUT2D eigenvalue weighted by molar-refractivity contribution is 5.76. The van der Waals surface area contributed by atoms with Gasteiger partial charge in [-0.25, -0.2) is 0 Å². The standard InChI is InChI=1S/C19H35NO8.C2H6/c1-12-17(24)18(25)15(11-22)28-19(12)27-7-5-3-4-6-16(23)20-9-14(26-2)8-13(20)10-21;1-2/h12-15,17-19,21-22,24-25H,3-11H2,1-2H3;1-2H3/t12?,13-,14+,15?,17+,18-,19+;/m0./s1. The van der Waals surface area contributed by atoms with E-state index in [0.717, 1.165) is 19.3 Å². The Kier molecular flexibility index (Phi) is 13.0. The van der Waals surface area contributed by atoms with E-state index in [4.69, 9.17) is 14.2 Å². The van der Waals surface area contributed by atoms with Crippen LogP contribution in [0.25, 0.3) is 0 Å². The summed E-state index contributed by atoms with van der Waals surface area (Å²) in [5.74, 6) is -0.370. The molecule has 2 aliphatic heterocycles. The number of unbranched alkanes of at least 4 members (excludes halogenated alkanes) is 2. The van der Waals surface area contributed by atoms with Gasteiger partial charge in [0.1, 0.15) is 12.2 Å². The SMILES string of the molecule is CC.CO[C@@H]1C[C@@H](CO)N(C(=O)CCCCCO[C@@H]2OC(CO)[C@H](O)[C@H](O)C2C)C1. The molecule has 2 aliphatic rings. The summed E-state index contributed by atoms with van der Waals surface area (Å²) in [7, 11) is 1.62. The fourth-order valence-corrected chi connectivity index (χ4v) is 3.83. The molecule has 9 heteroatoms. The maximum atomic E-state index is 12.4. The molecule has 0 aromatic heterocycles. The second-order valence-electron chi connectivity index (χ2n) is 7.72. The monoisotopic (exact) mass is 435 g/mol. The van der Waals surface area contributed by atoms with E-state index in [2.05, 4.69) is 0 Å². The van der Waals surface area contributed by atoms with Crippen LogP contribution in [-0.2, 0) is 19.0 Å². The summed E-state index contributed by atoms with van der Waals surface area (Å²) >= 11 is 0. The van der Waals surface area contributed by atoms with E-state index in [1.165, 1.54) is 0 Å². The molecule has 0 aliphatic carbocycles. The maximum absolute atomic E-state index is 12.4. The lowest BCUT2D eigenvalue weighted by Gasteiger charge is -2.40. The predicted octanol–water partition coefficient (Wildman–Crippen LogP) is 0.273.